The molecule has 1 aromatic heterocycles. The molecule has 0 radical (unpaired) electrons. The number of hydrogen-bond acceptors (Lipinski definition) is 1. The number of benzene rings is 5. The fraction of sp³-hybridized carbons (Fsp3) is 0.0333. The SMILES string of the molecule is N#Cc1ccc(-c2cccc3c(-n4c5ccccc5c5ccccc54)cccc23)c(C(F)(F)F)c1. The van der Waals surface area contributed by atoms with Gasteiger partial charge in [-0.25, -0.2) is 0 Å². The molecule has 0 amide bonds. The molecular weight excluding hydrogens is 445 g/mol. The molecule has 0 saturated heterocycles. The van der Waals surface area contributed by atoms with Crippen LogP contribution in [0.5, 0.6) is 0 Å². The molecule has 0 aliphatic rings. The highest BCUT2D eigenvalue weighted by Crippen LogP contribution is 2.42. The van der Waals surface area contributed by atoms with E-state index in [0.29, 0.717) is 10.9 Å². The summed E-state index contributed by atoms with van der Waals surface area (Å²) in [6.45, 7) is 0. The lowest BCUT2D eigenvalue weighted by atomic mass is 9.92. The van der Waals surface area contributed by atoms with Gasteiger partial charge in [-0.1, -0.05) is 72.8 Å². The van der Waals surface area contributed by atoms with E-state index < -0.39 is 11.7 Å². The van der Waals surface area contributed by atoms with E-state index in [4.69, 9.17) is 5.26 Å². The Morgan fingerprint density at radius 1 is 0.600 bits per heavy atom. The summed E-state index contributed by atoms with van der Waals surface area (Å²) >= 11 is 0. The highest BCUT2D eigenvalue weighted by molar-refractivity contribution is 6.11. The monoisotopic (exact) mass is 462 g/mol. The summed E-state index contributed by atoms with van der Waals surface area (Å²) in [5.74, 6) is 0. The van der Waals surface area contributed by atoms with Crippen molar-refractivity contribution in [2.45, 2.75) is 6.18 Å². The molecule has 0 bridgehead atoms. The zero-order valence-corrected chi connectivity index (χ0v) is 18.3. The number of halogens is 3. The van der Waals surface area contributed by atoms with Crippen molar-refractivity contribution in [1.82, 2.24) is 4.57 Å². The Hall–Kier alpha value is -4.56. The van der Waals surface area contributed by atoms with E-state index in [2.05, 4.69) is 28.8 Å². The van der Waals surface area contributed by atoms with Crippen LogP contribution in [0.2, 0.25) is 0 Å². The molecule has 0 spiro atoms. The average molecular weight is 462 g/mol. The second-order valence-electron chi connectivity index (χ2n) is 8.42. The minimum absolute atomic E-state index is 0.0210. The fourth-order valence-corrected chi connectivity index (χ4v) is 4.99. The van der Waals surface area contributed by atoms with Gasteiger partial charge in [0.05, 0.1) is 33.9 Å². The summed E-state index contributed by atoms with van der Waals surface area (Å²) in [5.41, 5.74) is 2.65. The maximum absolute atomic E-state index is 14.0. The highest BCUT2D eigenvalue weighted by atomic mass is 19.4. The van der Waals surface area contributed by atoms with Gasteiger partial charge in [0, 0.05) is 16.2 Å². The van der Waals surface area contributed by atoms with Gasteiger partial charge in [-0.15, -0.1) is 0 Å². The number of hydrogen-bond donors (Lipinski definition) is 0. The number of nitrogens with zero attached hydrogens (tertiary/aromatic N) is 2. The zero-order chi connectivity index (χ0) is 24.2. The first kappa shape index (κ1) is 21.0. The topological polar surface area (TPSA) is 28.7 Å². The number of fused-ring (bicyclic) bond motifs is 4. The fourth-order valence-electron chi connectivity index (χ4n) is 4.99. The Morgan fingerprint density at radius 3 is 1.86 bits per heavy atom. The maximum atomic E-state index is 14.0. The van der Waals surface area contributed by atoms with Gasteiger partial charge >= 0.3 is 6.18 Å². The number of aromatic nitrogens is 1. The van der Waals surface area contributed by atoms with Crippen molar-refractivity contribution in [1.29, 1.82) is 5.26 Å². The molecule has 0 N–H and O–H groups in total. The first-order chi connectivity index (χ1) is 17.0. The van der Waals surface area contributed by atoms with Gasteiger partial charge in [0.1, 0.15) is 0 Å². The Balaban J connectivity index is 1.69. The lowest BCUT2D eigenvalue weighted by Gasteiger charge is -2.17. The van der Waals surface area contributed by atoms with E-state index in [-0.39, 0.29) is 11.1 Å². The normalized spacial score (nSPS) is 11.8. The van der Waals surface area contributed by atoms with Gasteiger partial charge in [0.2, 0.25) is 0 Å². The Labute approximate surface area is 199 Å². The van der Waals surface area contributed by atoms with E-state index in [9.17, 15) is 13.2 Å². The largest absolute Gasteiger partial charge is 0.417 e. The first-order valence-electron chi connectivity index (χ1n) is 11.1. The Bertz CT molecular complexity index is 1750. The minimum atomic E-state index is -4.59. The molecule has 2 nitrogen and oxygen atoms in total. The minimum Gasteiger partial charge on any atom is -0.309 e. The third kappa shape index (κ3) is 3.26. The lowest BCUT2D eigenvalue weighted by Crippen LogP contribution is -2.08. The van der Waals surface area contributed by atoms with Crippen molar-refractivity contribution in [2.75, 3.05) is 0 Å². The van der Waals surface area contributed by atoms with Gasteiger partial charge in [-0.3, -0.25) is 0 Å². The van der Waals surface area contributed by atoms with Crippen LogP contribution in [0.4, 0.5) is 13.2 Å². The van der Waals surface area contributed by atoms with Gasteiger partial charge < -0.3 is 4.57 Å². The van der Waals surface area contributed by atoms with Crippen molar-refractivity contribution < 1.29 is 13.2 Å². The van der Waals surface area contributed by atoms with Crippen LogP contribution < -0.4 is 0 Å². The Kier molecular flexibility index (Phi) is 4.65. The van der Waals surface area contributed by atoms with Gasteiger partial charge in [0.25, 0.3) is 0 Å². The lowest BCUT2D eigenvalue weighted by molar-refractivity contribution is -0.137. The van der Waals surface area contributed by atoms with Crippen molar-refractivity contribution in [3.63, 3.8) is 0 Å². The van der Waals surface area contributed by atoms with Crippen molar-refractivity contribution in [3.8, 4) is 22.9 Å². The van der Waals surface area contributed by atoms with Gasteiger partial charge in [-0.05, 0) is 46.8 Å². The van der Waals surface area contributed by atoms with E-state index in [1.54, 1.807) is 12.1 Å². The van der Waals surface area contributed by atoms with E-state index in [1.807, 2.05) is 54.6 Å². The zero-order valence-electron chi connectivity index (χ0n) is 18.3. The quantitative estimate of drug-likeness (QED) is 0.254. The van der Waals surface area contributed by atoms with E-state index in [1.165, 1.54) is 12.1 Å². The molecule has 0 unspecified atom stereocenters. The van der Waals surface area contributed by atoms with E-state index in [0.717, 1.165) is 38.9 Å². The van der Waals surface area contributed by atoms with Crippen molar-refractivity contribution in [3.05, 3.63) is 114 Å². The molecule has 5 aromatic carbocycles. The molecule has 1 heterocycles. The van der Waals surface area contributed by atoms with E-state index >= 15 is 0 Å². The number of nitriles is 1. The Morgan fingerprint density at radius 2 is 1.20 bits per heavy atom. The summed E-state index contributed by atoms with van der Waals surface area (Å²) < 4.78 is 44.1. The van der Waals surface area contributed by atoms with Gasteiger partial charge in [-0.2, -0.15) is 18.4 Å². The van der Waals surface area contributed by atoms with Crippen LogP contribution in [0, 0.1) is 11.3 Å². The third-order valence-corrected chi connectivity index (χ3v) is 6.46. The third-order valence-electron chi connectivity index (χ3n) is 6.46. The van der Waals surface area contributed by atoms with Crippen LogP contribution in [-0.2, 0) is 6.18 Å². The van der Waals surface area contributed by atoms with Crippen LogP contribution in [0.1, 0.15) is 11.1 Å². The van der Waals surface area contributed by atoms with Crippen molar-refractivity contribution >= 4 is 32.6 Å². The van der Waals surface area contributed by atoms with Crippen LogP contribution >= 0.6 is 0 Å². The van der Waals surface area contributed by atoms with Crippen molar-refractivity contribution in [2.24, 2.45) is 0 Å². The molecule has 6 aromatic rings. The summed E-state index contributed by atoms with van der Waals surface area (Å²) in [5, 5.41) is 12.9. The molecule has 0 saturated carbocycles. The summed E-state index contributed by atoms with van der Waals surface area (Å²) in [6.07, 6.45) is -4.59. The molecule has 0 aliphatic carbocycles. The number of alkyl halides is 3. The van der Waals surface area contributed by atoms with Gasteiger partial charge in [0.15, 0.2) is 0 Å². The number of para-hydroxylation sites is 2. The molecule has 0 atom stereocenters. The first-order valence-corrected chi connectivity index (χ1v) is 11.1. The predicted molar refractivity (Wildman–Crippen MR) is 133 cm³/mol. The standard InChI is InChI=1S/C30H17F3N2/c31-30(32,33)26-17-19(18-34)15-16-22(26)20-9-5-11-23-21(20)10-6-14-29(23)35-27-12-3-1-7-24(27)25-8-2-4-13-28(25)35/h1-17H. The maximum Gasteiger partial charge on any atom is 0.417 e. The molecule has 5 heteroatoms. The van der Waals surface area contributed by atoms with Crippen LogP contribution in [0.3, 0.4) is 0 Å². The highest BCUT2D eigenvalue weighted by Gasteiger charge is 2.34. The molecule has 0 aliphatic heterocycles. The second kappa shape index (κ2) is 7.75. The molecule has 168 valence electrons. The average Bonchev–Trinajstić information content (AvgIpc) is 3.21. The summed E-state index contributed by atoms with van der Waals surface area (Å²) in [6, 6.07) is 33.0. The molecule has 0 fully saturated rings. The van der Waals surface area contributed by atoms with Crippen LogP contribution in [0.15, 0.2) is 103 Å². The number of rotatable bonds is 2. The molecule has 6 rings (SSSR count). The molecular formula is C30H17F3N2. The second-order valence-corrected chi connectivity index (χ2v) is 8.42. The van der Waals surface area contributed by atoms with Crippen LogP contribution in [0.25, 0.3) is 49.4 Å². The summed E-state index contributed by atoms with van der Waals surface area (Å²) in [7, 11) is 0. The molecule has 35 heavy (non-hydrogen) atoms. The summed E-state index contributed by atoms with van der Waals surface area (Å²) in [4.78, 5) is 0. The van der Waals surface area contributed by atoms with Crippen LogP contribution in [-0.4, -0.2) is 4.57 Å². The predicted octanol–water partition coefficient (Wildman–Crippen LogP) is 8.49. The smallest absolute Gasteiger partial charge is 0.309 e.